The van der Waals surface area contributed by atoms with Crippen LogP contribution in [0.25, 0.3) is 11.0 Å². The minimum absolute atomic E-state index is 0.00942. The summed E-state index contributed by atoms with van der Waals surface area (Å²) in [6.45, 7) is 1.60. The van der Waals surface area contributed by atoms with Gasteiger partial charge in [0.2, 0.25) is 11.8 Å². The molecule has 2 fully saturated rings. The van der Waals surface area contributed by atoms with E-state index in [0.29, 0.717) is 43.1 Å². The normalized spacial score (nSPS) is 22.0. The highest BCUT2D eigenvalue weighted by Crippen LogP contribution is 2.33. The van der Waals surface area contributed by atoms with E-state index >= 15 is 0 Å². The Hall–Kier alpha value is -3.95. The van der Waals surface area contributed by atoms with Crippen molar-refractivity contribution in [3.8, 4) is 5.75 Å². The van der Waals surface area contributed by atoms with Gasteiger partial charge in [-0.15, -0.1) is 5.10 Å². The lowest BCUT2D eigenvalue weighted by molar-refractivity contribution is -0.139. The van der Waals surface area contributed by atoms with Gasteiger partial charge in [0.1, 0.15) is 17.3 Å². The van der Waals surface area contributed by atoms with Crippen molar-refractivity contribution in [2.75, 3.05) is 20.2 Å². The number of benzene rings is 3. The number of hydrogen-bond donors (Lipinski definition) is 2. The lowest BCUT2D eigenvalue weighted by Crippen LogP contribution is -2.51. The molecule has 1 aromatic heterocycles. The molecule has 42 heavy (non-hydrogen) atoms. The quantitative estimate of drug-likeness (QED) is 0.325. The molecule has 4 atom stereocenters. The van der Waals surface area contributed by atoms with Gasteiger partial charge < -0.3 is 20.3 Å². The molecule has 0 saturated carbocycles. The second-order valence-corrected chi connectivity index (χ2v) is 11.7. The second kappa shape index (κ2) is 12.1. The molecule has 0 aliphatic carbocycles. The Morgan fingerprint density at radius 1 is 1.07 bits per heavy atom. The number of ether oxygens (including phenoxy) is 1. The number of aryl methyl sites for hydroxylation is 1. The van der Waals surface area contributed by atoms with E-state index in [1.54, 1.807) is 16.7 Å². The maximum atomic E-state index is 13.9. The van der Waals surface area contributed by atoms with E-state index in [4.69, 9.17) is 16.3 Å². The summed E-state index contributed by atoms with van der Waals surface area (Å²) in [6, 6.07) is 21.0. The average molecular weight is 587 g/mol. The smallest absolute Gasteiger partial charge is 0.243 e. The topological polar surface area (TPSA) is 101 Å². The van der Waals surface area contributed by atoms with Crippen molar-refractivity contribution in [1.29, 1.82) is 0 Å². The third-order valence-electron chi connectivity index (χ3n) is 8.56. The third-order valence-corrected chi connectivity index (χ3v) is 8.85. The Balaban J connectivity index is 1.17. The van der Waals surface area contributed by atoms with E-state index in [0.717, 1.165) is 28.7 Å². The molecule has 6 rings (SSSR count). The molecular weight excluding hydrogens is 552 g/mol. The molecule has 2 amide bonds. The molecule has 218 valence electrons. The van der Waals surface area contributed by atoms with Crippen molar-refractivity contribution in [1.82, 2.24) is 30.5 Å². The predicted octanol–water partition coefficient (Wildman–Crippen LogP) is 3.85. The van der Waals surface area contributed by atoms with Crippen LogP contribution in [0, 0.1) is 5.92 Å². The molecule has 10 heteroatoms. The number of halogens is 1. The maximum absolute atomic E-state index is 13.9. The molecule has 2 aliphatic rings. The number of fused-ring (bicyclic) bond motifs is 1. The van der Waals surface area contributed by atoms with Gasteiger partial charge in [0.15, 0.2) is 0 Å². The van der Waals surface area contributed by atoms with E-state index in [1.807, 2.05) is 61.6 Å². The first kappa shape index (κ1) is 28.2. The average Bonchev–Trinajstić information content (AvgIpc) is 3.75. The van der Waals surface area contributed by atoms with Crippen molar-refractivity contribution < 1.29 is 14.3 Å². The lowest BCUT2D eigenvalue weighted by Gasteiger charge is -2.27. The molecule has 2 N–H and O–H groups in total. The molecule has 0 radical (unpaired) electrons. The number of likely N-dealkylation sites (tertiary alicyclic amines) is 1. The largest absolute Gasteiger partial charge is 0.495 e. The highest BCUT2D eigenvalue weighted by Gasteiger charge is 2.43. The van der Waals surface area contributed by atoms with Gasteiger partial charge in [-0.05, 0) is 72.1 Å². The lowest BCUT2D eigenvalue weighted by atomic mass is 9.96. The van der Waals surface area contributed by atoms with Crippen LogP contribution >= 0.6 is 11.6 Å². The van der Waals surface area contributed by atoms with Crippen molar-refractivity contribution in [2.24, 2.45) is 13.0 Å². The highest BCUT2D eigenvalue weighted by atomic mass is 35.5. The summed E-state index contributed by atoms with van der Waals surface area (Å²) in [7, 11) is 3.44. The molecule has 2 aliphatic heterocycles. The Bertz CT molecular complexity index is 1590. The molecular formula is C32H35ClN6O3. The van der Waals surface area contributed by atoms with Crippen LogP contribution in [-0.2, 0) is 29.6 Å². The number of aromatic nitrogens is 3. The fourth-order valence-corrected chi connectivity index (χ4v) is 6.62. The highest BCUT2D eigenvalue weighted by molar-refractivity contribution is 6.32. The maximum Gasteiger partial charge on any atom is 0.243 e. The fraction of sp³-hybridized carbons (Fsp3) is 0.375. The number of carbonyl (C=O) groups excluding carboxylic acids is 2. The zero-order valence-corrected chi connectivity index (χ0v) is 24.6. The number of methoxy groups -OCH3 is 1. The van der Waals surface area contributed by atoms with Gasteiger partial charge in [-0.3, -0.25) is 9.59 Å². The van der Waals surface area contributed by atoms with Crippen molar-refractivity contribution in [3.63, 3.8) is 0 Å². The first-order valence-corrected chi connectivity index (χ1v) is 14.7. The van der Waals surface area contributed by atoms with Crippen LogP contribution in [0.1, 0.15) is 35.4 Å². The number of hydrogen-bond acceptors (Lipinski definition) is 6. The predicted molar refractivity (Wildman–Crippen MR) is 161 cm³/mol. The van der Waals surface area contributed by atoms with E-state index in [1.165, 1.54) is 5.56 Å². The van der Waals surface area contributed by atoms with Gasteiger partial charge in [-0.2, -0.15) is 0 Å². The molecule has 3 heterocycles. The summed E-state index contributed by atoms with van der Waals surface area (Å²) in [5.41, 5.74) is 4.92. The summed E-state index contributed by atoms with van der Waals surface area (Å²) in [4.78, 5) is 29.4. The van der Waals surface area contributed by atoms with Gasteiger partial charge in [-0.1, -0.05) is 59.3 Å². The first-order valence-electron chi connectivity index (χ1n) is 14.4. The molecule has 0 spiro atoms. The monoisotopic (exact) mass is 586 g/mol. The Morgan fingerprint density at radius 2 is 1.88 bits per heavy atom. The van der Waals surface area contributed by atoms with Crippen molar-refractivity contribution in [3.05, 3.63) is 88.4 Å². The molecule has 3 aromatic carbocycles. The number of amides is 2. The fourth-order valence-electron chi connectivity index (χ4n) is 6.34. The van der Waals surface area contributed by atoms with Crippen LogP contribution in [0.4, 0.5) is 0 Å². The number of nitrogens with one attached hydrogen (secondary N) is 2. The Kier molecular flexibility index (Phi) is 8.13. The summed E-state index contributed by atoms with van der Waals surface area (Å²) < 4.78 is 7.02. The minimum Gasteiger partial charge on any atom is -0.495 e. The summed E-state index contributed by atoms with van der Waals surface area (Å²) in [6.07, 6.45) is 2.01. The second-order valence-electron chi connectivity index (χ2n) is 11.3. The van der Waals surface area contributed by atoms with Gasteiger partial charge >= 0.3 is 0 Å². The molecule has 0 bridgehead atoms. The van der Waals surface area contributed by atoms with Crippen molar-refractivity contribution in [2.45, 2.75) is 43.8 Å². The molecule has 0 unspecified atom stereocenters. The number of carbonyl (C=O) groups is 2. The van der Waals surface area contributed by atoms with E-state index in [2.05, 4.69) is 33.1 Å². The molecule has 9 nitrogen and oxygen atoms in total. The van der Waals surface area contributed by atoms with Crippen LogP contribution < -0.4 is 15.4 Å². The van der Waals surface area contributed by atoms with Crippen LogP contribution in [0.3, 0.4) is 0 Å². The van der Waals surface area contributed by atoms with Crippen LogP contribution in [0.2, 0.25) is 5.02 Å². The van der Waals surface area contributed by atoms with E-state index < -0.39 is 6.04 Å². The first-order chi connectivity index (χ1) is 20.4. The Labute approximate surface area is 250 Å². The third kappa shape index (κ3) is 5.84. The van der Waals surface area contributed by atoms with Crippen molar-refractivity contribution >= 4 is 34.4 Å². The number of rotatable bonds is 8. The standard InChI is InChI=1S/C32H35ClN6O3/c1-38-28-10-8-21(14-26(28)36-37-38)17-35-31(40)29-15-22(12-20-9-11-30(42-2)25(33)13-20)19-39(29)32(41)27-16-24(18-34-27)23-6-4-3-5-7-23/h3-11,13-14,22,24,27,29,34H,12,15-19H2,1-2H3,(H,35,40)/t22-,24-,27-,29+/m1/s1. The van der Waals surface area contributed by atoms with Gasteiger partial charge in [0, 0.05) is 26.7 Å². The zero-order chi connectivity index (χ0) is 29.2. The van der Waals surface area contributed by atoms with Crippen LogP contribution in [0.5, 0.6) is 5.75 Å². The van der Waals surface area contributed by atoms with E-state index in [9.17, 15) is 9.59 Å². The van der Waals surface area contributed by atoms with Crippen LogP contribution in [0.15, 0.2) is 66.7 Å². The Morgan fingerprint density at radius 3 is 2.67 bits per heavy atom. The van der Waals surface area contributed by atoms with E-state index in [-0.39, 0.29) is 29.7 Å². The summed E-state index contributed by atoms with van der Waals surface area (Å²) in [5, 5.41) is 15.3. The van der Waals surface area contributed by atoms with Gasteiger partial charge in [0.25, 0.3) is 0 Å². The van der Waals surface area contributed by atoms with Crippen LogP contribution in [-0.4, -0.2) is 64.0 Å². The number of nitrogens with zero attached hydrogens (tertiary/aromatic N) is 4. The molecule has 4 aromatic rings. The summed E-state index contributed by atoms with van der Waals surface area (Å²) >= 11 is 6.39. The van der Waals surface area contributed by atoms with Gasteiger partial charge in [-0.25, -0.2) is 4.68 Å². The molecule has 2 saturated heterocycles. The zero-order valence-electron chi connectivity index (χ0n) is 23.8. The minimum atomic E-state index is -0.547. The summed E-state index contributed by atoms with van der Waals surface area (Å²) in [5.74, 6) is 0.862. The SMILES string of the molecule is COc1ccc(C[C@@H]2C[C@@H](C(=O)NCc3ccc4c(c3)nnn4C)N(C(=O)[C@H]3C[C@@H](c4ccccc4)CN3)C2)cc1Cl. The van der Waals surface area contributed by atoms with Gasteiger partial charge in [0.05, 0.1) is 23.7 Å².